The predicted molar refractivity (Wildman–Crippen MR) is 234 cm³/mol. The van der Waals surface area contributed by atoms with Crippen molar-refractivity contribution in [1.82, 2.24) is 19.1 Å². The monoisotopic (exact) mass is 721 g/mol. The Balaban J connectivity index is 1.28. The highest BCUT2D eigenvalue weighted by molar-refractivity contribution is 7.27. The van der Waals surface area contributed by atoms with E-state index in [1.54, 1.807) is 17.5 Å². The van der Waals surface area contributed by atoms with Gasteiger partial charge in [0, 0.05) is 54.3 Å². The van der Waals surface area contributed by atoms with Crippen LogP contribution in [-0.4, -0.2) is 19.1 Å². The van der Waals surface area contributed by atoms with Crippen LogP contribution in [0.15, 0.2) is 170 Å². The van der Waals surface area contributed by atoms with Crippen molar-refractivity contribution in [3.8, 4) is 11.4 Å². The molecular weight excluding hydrogens is 689 g/mol. The summed E-state index contributed by atoms with van der Waals surface area (Å²) in [7, 11) is 0. The summed E-state index contributed by atoms with van der Waals surface area (Å²) in [4.78, 5) is 9.53. The van der Waals surface area contributed by atoms with Crippen LogP contribution in [0.4, 0.5) is 0 Å². The molecule has 0 amide bonds. The molecule has 5 heteroatoms. The molecular formula is C50H28N4S. The van der Waals surface area contributed by atoms with Crippen LogP contribution in [0.1, 0.15) is 6.85 Å². The molecule has 0 aliphatic heterocycles. The Labute approximate surface area is 324 Å². The van der Waals surface area contributed by atoms with E-state index in [0.29, 0.717) is 0 Å². The first-order chi connectivity index (χ1) is 29.4. The van der Waals surface area contributed by atoms with Crippen molar-refractivity contribution in [2.24, 2.45) is 0 Å². The zero-order chi connectivity index (χ0) is 40.1. The summed E-state index contributed by atoms with van der Waals surface area (Å²) in [6.45, 7) is 0. The van der Waals surface area contributed by atoms with E-state index >= 15 is 0 Å². The van der Waals surface area contributed by atoms with Gasteiger partial charge in [-0.2, -0.15) is 0 Å². The number of para-hydroxylation sites is 2. The molecule has 0 fully saturated rings. The van der Waals surface area contributed by atoms with Crippen molar-refractivity contribution in [1.29, 1.82) is 0 Å². The van der Waals surface area contributed by atoms with E-state index in [9.17, 15) is 2.74 Å². The molecule has 0 radical (unpaired) electrons. The van der Waals surface area contributed by atoms with Crippen LogP contribution in [0.5, 0.6) is 0 Å². The van der Waals surface area contributed by atoms with Gasteiger partial charge < -0.3 is 9.13 Å². The van der Waals surface area contributed by atoms with E-state index in [1.807, 2.05) is 41.1 Å². The summed E-state index contributed by atoms with van der Waals surface area (Å²) < 4.78 is 50.9. The summed E-state index contributed by atoms with van der Waals surface area (Å²) in [6, 6.07) is 42.6. The van der Waals surface area contributed by atoms with Crippen LogP contribution in [0, 0.1) is 0 Å². The first-order valence-electron chi connectivity index (χ1n) is 20.7. The van der Waals surface area contributed by atoms with E-state index in [0.717, 1.165) is 113 Å². The summed E-state index contributed by atoms with van der Waals surface area (Å²) in [6.07, 6.45) is 3.73. The Bertz CT molecular complexity index is 4060. The molecule has 55 heavy (non-hydrogen) atoms. The number of thiophene rings is 1. The molecule has 254 valence electrons. The van der Waals surface area contributed by atoms with Crippen LogP contribution < -0.4 is 0 Å². The number of aromatic nitrogens is 4. The second-order valence-electron chi connectivity index (χ2n) is 14.2. The molecule has 13 aromatic rings. The summed E-state index contributed by atoms with van der Waals surface area (Å²) in [5.41, 5.74) is 6.44. The number of hydrogen-bond donors (Lipinski definition) is 0. The van der Waals surface area contributed by atoms with Crippen molar-refractivity contribution >= 4 is 118 Å². The molecule has 0 saturated carbocycles. The van der Waals surface area contributed by atoms with E-state index in [2.05, 4.69) is 107 Å². The lowest BCUT2D eigenvalue weighted by atomic mass is 9.95. The minimum atomic E-state index is -0.416. The van der Waals surface area contributed by atoms with E-state index in [4.69, 9.17) is 9.10 Å². The topological polar surface area (TPSA) is 35.6 Å². The molecule has 0 unspecified atom stereocenters. The average molecular weight is 722 g/mol. The molecule has 0 aliphatic rings. The van der Waals surface area contributed by atoms with Gasteiger partial charge in [-0.15, -0.1) is 11.3 Å². The predicted octanol–water partition coefficient (Wildman–Crippen LogP) is 13.7. The summed E-state index contributed by atoms with van der Waals surface area (Å²) in [5.74, 6) is 0. The zero-order valence-corrected chi connectivity index (χ0v) is 29.8. The molecule has 0 atom stereocenters. The molecule has 5 heterocycles. The molecule has 0 N–H and O–H groups in total. The normalized spacial score (nSPS) is 13.6. The van der Waals surface area contributed by atoms with Crippen molar-refractivity contribution < 1.29 is 6.85 Å². The van der Waals surface area contributed by atoms with Gasteiger partial charge >= 0.3 is 0 Å². The van der Waals surface area contributed by atoms with Gasteiger partial charge in [0.1, 0.15) is 0 Å². The molecule has 0 saturated heterocycles. The van der Waals surface area contributed by atoms with Crippen LogP contribution in [0.2, 0.25) is 0 Å². The van der Waals surface area contributed by atoms with E-state index in [1.165, 1.54) is 0 Å². The third-order valence-corrected chi connectivity index (χ3v) is 12.6. The SMILES string of the molecule is [2H]c1c([2H])c([2H])c(-n2c3cc4sc5c(c4cc3c3c4ccccc4c4ccccc4c32)c2ccccc2c2c3ccccc3n(-c3cnc4cccnc4c3)c52)c([2H])c1[2H]. The number of nitrogens with zero attached hydrogens (tertiary/aromatic N) is 4. The van der Waals surface area contributed by atoms with Gasteiger partial charge in [0.25, 0.3) is 0 Å². The number of pyridine rings is 2. The lowest BCUT2D eigenvalue weighted by molar-refractivity contribution is 1.16. The van der Waals surface area contributed by atoms with Crippen molar-refractivity contribution in [2.75, 3.05) is 0 Å². The third-order valence-electron chi connectivity index (χ3n) is 11.4. The van der Waals surface area contributed by atoms with Crippen LogP contribution in [0.3, 0.4) is 0 Å². The Morgan fingerprint density at radius 2 is 1.09 bits per heavy atom. The fourth-order valence-corrected chi connectivity index (χ4v) is 10.5. The third kappa shape index (κ3) is 3.84. The summed E-state index contributed by atoms with van der Waals surface area (Å²) in [5, 5.41) is 12.9. The fraction of sp³-hybridized carbons (Fsp3) is 0. The number of benzene rings is 8. The van der Waals surface area contributed by atoms with Gasteiger partial charge in [-0.1, -0.05) is 109 Å². The van der Waals surface area contributed by atoms with Crippen LogP contribution in [-0.2, 0) is 0 Å². The first kappa shape index (κ1) is 25.0. The highest BCUT2D eigenvalue weighted by atomic mass is 32.1. The zero-order valence-electron chi connectivity index (χ0n) is 34.0. The molecule has 5 aromatic heterocycles. The van der Waals surface area contributed by atoms with E-state index in [-0.39, 0.29) is 29.9 Å². The summed E-state index contributed by atoms with van der Waals surface area (Å²) >= 11 is 1.72. The smallest absolute Gasteiger partial charge is 0.0907 e. The minimum absolute atomic E-state index is 0.132. The quantitative estimate of drug-likeness (QED) is 0.167. The molecule has 0 aliphatic carbocycles. The molecule has 4 nitrogen and oxygen atoms in total. The Morgan fingerprint density at radius 3 is 1.89 bits per heavy atom. The maximum absolute atomic E-state index is 9.27. The Kier molecular flexibility index (Phi) is 4.89. The second kappa shape index (κ2) is 10.8. The number of fused-ring (bicyclic) bond motifs is 19. The van der Waals surface area contributed by atoms with Gasteiger partial charge in [0.2, 0.25) is 0 Å². The van der Waals surface area contributed by atoms with Crippen molar-refractivity contribution in [3.05, 3.63) is 170 Å². The maximum Gasteiger partial charge on any atom is 0.0907 e. The largest absolute Gasteiger partial charge is 0.309 e. The highest BCUT2D eigenvalue weighted by Crippen LogP contribution is 2.50. The lowest BCUT2D eigenvalue weighted by Crippen LogP contribution is -1.96. The van der Waals surface area contributed by atoms with Gasteiger partial charge in [-0.25, -0.2) is 0 Å². The Morgan fingerprint density at radius 1 is 0.455 bits per heavy atom. The molecule has 0 bridgehead atoms. The second-order valence-corrected chi connectivity index (χ2v) is 15.2. The molecule has 13 rings (SSSR count). The number of hydrogen-bond acceptors (Lipinski definition) is 3. The van der Waals surface area contributed by atoms with Crippen LogP contribution in [0.25, 0.3) is 119 Å². The molecule has 0 spiro atoms. The fourth-order valence-electron chi connectivity index (χ4n) is 9.27. The van der Waals surface area contributed by atoms with Gasteiger partial charge in [0.15, 0.2) is 0 Å². The van der Waals surface area contributed by atoms with Crippen molar-refractivity contribution in [2.45, 2.75) is 0 Å². The standard InChI is InChI=1S/C50H28N4S/c1-2-13-29(14-3-1)53-43-27-44-39(26-38(43)46-33-17-6-4-15-31(33)32-16-5-9-20-36(32)48(46)53)47-35-19-8-7-18-34(35)45-37-21-10-11-23-42(37)54(49(45)50(47)55-44)30-25-41-40(52-28-30)22-12-24-51-41/h1-28H/i1D,2D,3D,13D,14D. The maximum atomic E-state index is 9.27. The van der Waals surface area contributed by atoms with Gasteiger partial charge in [-0.3, -0.25) is 9.97 Å². The van der Waals surface area contributed by atoms with Gasteiger partial charge in [0.05, 0.1) is 56.5 Å². The van der Waals surface area contributed by atoms with Gasteiger partial charge in [-0.05, 0) is 75.4 Å². The minimum Gasteiger partial charge on any atom is -0.309 e. The first-order valence-corrected chi connectivity index (χ1v) is 19.1. The Hall–Kier alpha value is -7.08. The highest BCUT2D eigenvalue weighted by Gasteiger charge is 2.25. The van der Waals surface area contributed by atoms with Crippen LogP contribution >= 0.6 is 11.3 Å². The average Bonchev–Trinajstić information content (AvgIpc) is 3.95. The van der Waals surface area contributed by atoms with E-state index < -0.39 is 6.04 Å². The molecule has 8 aromatic carbocycles. The van der Waals surface area contributed by atoms with Crippen molar-refractivity contribution in [3.63, 3.8) is 0 Å². The number of rotatable bonds is 2. The lowest BCUT2D eigenvalue weighted by Gasteiger charge is -2.12.